The summed E-state index contributed by atoms with van der Waals surface area (Å²) < 4.78 is 0. The van der Waals surface area contributed by atoms with E-state index in [1.165, 1.54) is 0 Å². The largest absolute Gasteiger partial charge is 0.343 e. The van der Waals surface area contributed by atoms with E-state index < -0.39 is 0 Å². The highest BCUT2D eigenvalue weighted by Gasteiger charge is 2.14. The Labute approximate surface area is 43.1 Å². The van der Waals surface area contributed by atoms with Crippen molar-refractivity contribution in [3.05, 3.63) is 6.92 Å². The van der Waals surface area contributed by atoms with E-state index in [0.29, 0.717) is 0 Å². The molecule has 2 nitrogen and oxygen atoms in total. The van der Waals surface area contributed by atoms with Crippen LogP contribution in [0.4, 0.5) is 0 Å². The molecule has 39 valence electrons. The fourth-order valence-electron chi connectivity index (χ4n) is 0.566. The maximum absolute atomic E-state index is 10.2. The van der Waals surface area contributed by atoms with Gasteiger partial charge in [0.1, 0.15) is 0 Å². The Kier molecular flexibility index (Phi) is 1.01. The molecule has 1 radical (unpaired) electrons. The van der Waals surface area contributed by atoms with E-state index in [-0.39, 0.29) is 5.91 Å². The summed E-state index contributed by atoms with van der Waals surface area (Å²) in [6.07, 6.45) is 1.15. The normalized spacial score (nSPS) is 18.7. The third-order valence-corrected chi connectivity index (χ3v) is 1.21. The van der Waals surface area contributed by atoms with Gasteiger partial charge in [-0.15, -0.1) is 0 Å². The minimum atomic E-state index is -0.0359. The van der Waals surface area contributed by atoms with Crippen molar-refractivity contribution in [1.82, 2.24) is 4.90 Å². The second-order valence-electron chi connectivity index (χ2n) is 1.73. The van der Waals surface area contributed by atoms with Gasteiger partial charge < -0.3 is 4.90 Å². The molecular weight excluding hydrogens is 90.1 g/mol. The maximum Gasteiger partial charge on any atom is 0.223 e. The minimum absolute atomic E-state index is 0.0359. The summed E-state index contributed by atoms with van der Waals surface area (Å²) in [6, 6.07) is 0. The van der Waals surface area contributed by atoms with Gasteiger partial charge in [0.05, 0.1) is 0 Å². The molecule has 1 amide bonds. The molecule has 0 N–H and O–H groups in total. The monoisotopic (exact) mass is 98.1 g/mol. The van der Waals surface area contributed by atoms with Crippen molar-refractivity contribution in [3.8, 4) is 0 Å². The molecule has 1 saturated heterocycles. The number of hydrogen-bond acceptors (Lipinski definition) is 1. The summed E-state index contributed by atoms with van der Waals surface area (Å²) in [7, 11) is 0. The van der Waals surface area contributed by atoms with Gasteiger partial charge in [0.25, 0.3) is 0 Å². The van der Waals surface area contributed by atoms with E-state index in [4.69, 9.17) is 0 Å². The van der Waals surface area contributed by atoms with E-state index in [0.717, 1.165) is 19.5 Å². The summed E-state index contributed by atoms with van der Waals surface area (Å²) in [5.41, 5.74) is 0. The number of hydrogen-bond donors (Lipinski definition) is 0. The topological polar surface area (TPSA) is 20.3 Å². The lowest BCUT2D eigenvalue weighted by molar-refractivity contribution is -0.129. The quantitative estimate of drug-likeness (QED) is 0.419. The van der Waals surface area contributed by atoms with Crippen molar-refractivity contribution < 1.29 is 4.79 Å². The number of likely N-dealkylation sites (tertiary alicyclic amines) is 1. The van der Waals surface area contributed by atoms with Crippen molar-refractivity contribution in [2.75, 3.05) is 13.1 Å². The molecule has 7 heavy (non-hydrogen) atoms. The van der Waals surface area contributed by atoms with Crippen molar-refractivity contribution in [2.24, 2.45) is 0 Å². The molecule has 0 atom stereocenters. The molecule has 0 unspecified atom stereocenters. The number of carbonyl (C=O) groups is 1. The summed E-state index contributed by atoms with van der Waals surface area (Å²) in [5.74, 6) is -0.0359. The lowest BCUT2D eigenvalue weighted by Crippen LogP contribution is -2.40. The standard InChI is InChI=1S/C5H8NO/c1-5(7)6-3-2-4-6/h1-4H2. The number of carbonyl (C=O) groups excluding carboxylic acids is 1. The molecule has 0 spiro atoms. The zero-order valence-corrected chi connectivity index (χ0v) is 4.18. The first kappa shape index (κ1) is 4.62. The fraction of sp³-hybridized carbons (Fsp3) is 0.600. The zero-order valence-electron chi connectivity index (χ0n) is 4.18. The Hall–Kier alpha value is -0.530. The third-order valence-electron chi connectivity index (χ3n) is 1.21. The predicted molar refractivity (Wildman–Crippen MR) is 26.6 cm³/mol. The average Bonchev–Trinajstić information content (AvgIpc) is 1.23. The Balaban J connectivity index is 2.27. The molecule has 0 saturated carbocycles. The van der Waals surface area contributed by atoms with Gasteiger partial charge in [-0.3, -0.25) is 4.79 Å². The van der Waals surface area contributed by atoms with E-state index in [9.17, 15) is 4.79 Å². The highest BCUT2D eigenvalue weighted by Crippen LogP contribution is 2.03. The van der Waals surface area contributed by atoms with Crippen LogP contribution in [0.3, 0.4) is 0 Å². The zero-order chi connectivity index (χ0) is 5.28. The lowest BCUT2D eigenvalue weighted by Gasteiger charge is -2.29. The van der Waals surface area contributed by atoms with E-state index >= 15 is 0 Å². The van der Waals surface area contributed by atoms with Crippen LogP contribution >= 0.6 is 0 Å². The van der Waals surface area contributed by atoms with Crippen molar-refractivity contribution in [3.63, 3.8) is 0 Å². The maximum atomic E-state index is 10.2. The van der Waals surface area contributed by atoms with Gasteiger partial charge in [0.2, 0.25) is 5.91 Å². The van der Waals surface area contributed by atoms with Crippen LogP contribution in [0.15, 0.2) is 0 Å². The van der Waals surface area contributed by atoms with Gasteiger partial charge in [-0.2, -0.15) is 0 Å². The number of nitrogens with zero attached hydrogens (tertiary/aromatic N) is 1. The van der Waals surface area contributed by atoms with Gasteiger partial charge in [-0.1, -0.05) is 0 Å². The second kappa shape index (κ2) is 1.52. The second-order valence-corrected chi connectivity index (χ2v) is 1.73. The smallest absolute Gasteiger partial charge is 0.223 e. The molecule has 1 aliphatic heterocycles. The van der Waals surface area contributed by atoms with Crippen LogP contribution in [0.5, 0.6) is 0 Å². The molecule has 1 heterocycles. The summed E-state index contributed by atoms with van der Waals surface area (Å²) in [6.45, 7) is 5.09. The Bertz CT molecular complexity index is 86.1. The first-order valence-electron chi connectivity index (χ1n) is 2.41. The van der Waals surface area contributed by atoms with Gasteiger partial charge in [0, 0.05) is 20.0 Å². The highest BCUT2D eigenvalue weighted by atomic mass is 16.2. The summed E-state index contributed by atoms with van der Waals surface area (Å²) >= 11 is 0. The number of rotatable bonds is 0. The first-order chi connectivity index (χ1) is 3.30. The molecule has 1 fully saturated rings. The SMILES string of the molecule is [CH2]C(=O)N1CCC1. The van der Waals surface area contributed by atoms with Crippen LogP contribution < -0.4 is 0 Å². The van der Waals surface area contributed by atoms with Crippen LogP contribution in [-0.4, -0.2) is 23.9 Å². The Morgan fingerprint density at radius 2 is 2.14 bits per heavy atom. The molecule has 0 aromatic heterocycles. The Morgan fingerprint density at radius 3 is 2.14 bits per heavy atom. The highest BCUT2D eigenvalue weighted by molar-refractivity contribution is 5.80. The predicted octanol–water partition coefficient (Wildman–Crippen LogP) is 0.0528. The minimum Gasteiger partial charge on any atom is -0.343 e. The van der Waals surface area contributed by atoms with Gasteiger partial charge in [-0.25, -0.2) is 0 Å². The van der Waals surface area contributed by atoms with Gasteiger partial charge in [0.15, 0.2) is 0 Å². The van der Waals surface area contributed by atoms with Crippen LogP contribution in [0.2, 0.25) is 0 Å². The molecule has 0 aromatic carbocycles. The Morgan fingerprint density at radius 1 is 1.57 bits per heavy atom. The molecule has 1 rings (SSSR count). The number of amides is 1. The molecule has 0 aliphatic carbocycles. The van der Waals surface area contributed by atoms with Crippen LogP contribution in [0, 0.1) is 6.92 Å². The van der Waals surface area contributed by atoms with Crippen LogP contribution in [0.25, 0.3) is 0 Å². The summed E-state index contributed by atoms with van der Waals surface area (Å²) in [5, 5.41) is 0. The van der Waals surface area contributed by atoms with E-state index in [1.807, 2.05) is 0 Å². The average molecular weight is 98.1 g/mol. The van der Waals surface area contributed by atoms with Gasteiger partial charge in [-0.05, 0) is 6.42 Å². The molecule has 0 aromatic rings. The molecule has 0 bridgehead atoms. The fourth-order valence-corrected chi connectivity index (χ4v) is 0.566. The van der Waals surface area contributed by atoms with Crippen LogP contribution in [-0.2, 0) is 4.79 Å². The van der Waals surface area contributed by atoms with Crippen molar-refractivity contribution in [1.29, 1.82) is 0 Å². The lowest BCUT2D eigenvalue weighted by atomic mass is 10.2. The van der Waals surface area contributed by atoms with Crippen molar-refractivity contribution >= 4 is 5.91 Å². The van der Waals surface area contributed by atoms with Crippen LogP contribution in [0.1, 0.15) is 6.42 Å². The van der Waals surface area contributed by atoms with Crippen molar-refractivity contribution in [2.45, 2.75) is 6.42 Å². The molecule has 1 aliphatic rings. The third kappa shape index (κ3) is 0.734. The summed E-state index contributed by atoms with van der Waals surface area (Å²) in [4.78, 5) is 12.0. The molecular formula is C5H8NO. The van der Waals surface area contributed by atoms with E-state index in [1.54, 1.807) is 4.90 Å². The van der Waals surface area contributed by atoms with Gasteiger partial charge >= 0.3 is 0 Å². The molecule has 2 heteroatoms. The first-order valence-corrected chi connectivity index (χ1v) is 2.41. The van der Waals surface area contributed by atoms with E-state index in [2.05, 4.69) is 6.92 Å².